The molecule has 0 bridgehead atoms. The molecular formula is C16H14N2O2. The van der Waals surface area contributed by atoms with Crippen molar-refractivity contribution in [2.45, 2.75) is 5.54 Å². The van der Waals surface area contributed by atoms with Crippen LogP contribution in [0.4, 0.5) is 4.79 Å². The maximum Gasteiger partial charge on any atom is 0.322 e. The Morgan fingerprint density at radius 2 is 1.85 bits per heavy atom. The molecule has 1 aromatic rings. The average molecular weight is 266 g/mol. The molecule has 4 heteroatoms. The highest BCUT2D eigenvalue weighted by Crippen LogP contribution is 2.39. The predicted molar refractivity (Wildman–Crippen MR) is 75.7 cm³/mol. The van der Waals surface area contributed by atoms with Crippen molar-refractivity contribution in [2.24, 2.45) is 5.92 Å². The lowest BCUT2D eigenvalue weighted by atomic mass is 9.73. The van der Waals surface area contributed by atoms with E-state index in [4.69, 9.17) is 0 Å². The summed E-state index contributed by atoms with van der Waals surface area (Å²) in [5.41, 5.74) is 0.402. The van der Waals surface area contributed by atoms with Crippen molar-refractivity contribution in [1.29, 1.82) is 0 Å². The summed E-state index contributed by atoms with van der Waals surface area (Å²) in [6, 6.07) is 8.77. The van der Waals surface area contributed by atoms with Gasteiger partial charge in [0.05, 0.1) is 0 Å². The van der Waals surface area contributed by atoms with Gasteiger partial charge in [0.2, 0.25) is 0 Å². The molecule has 0 spiro atoms. The smallest absolute Gasteiger partial charge is 0.319 e. The zero-order chi connectivity index (χ0) is 14.2. The van der Waals surface area contributed by atoms with Crippen molar-refractivity contribution in [2.75, 3.05) is 0 Å². The fourth-order valence-electron chi connectivity index (χ4n) is 2.78. The number of carbonyl (C=O) groups is 2. The van der Waals surface area contributed by atoms with Gasteiger partial charge in [-0.05, 0) is 11.1 Å². The average Bonchev–Trinajstić information content (AvgIpc) is 2.76. The van der Waals surface area contributed by atoms with Crippen molar-refractivity contribution in [1.82, 2.24) is 10.6 Å². The second-order valence-electron chi connectivity index (χ2n) is 4.88. The van der Waals surface area contributed by atoms with Gasteiger partial charge < -0.3 is 5.32 Å². The molecule has 4 nitrogen and oxygen atoms in total. The minimum atomic E-state index is -1.13. The van der Waals surface area contributed by atoms with Gasteiger partial charge in [0.25, 0.3) is 5.91 Å². The molecule has 1 aliphatic heterocycles. The third kappa shape index (κ3) is 1.69. The van der Waals surface area contributed by atoms with Crippen LogP contribution in [0.2, 0.25) is 0 Å². The first kappa shape index (κ1) is 12.4. The zero-order valence-electron chi connectivity index (χ0n) is 10.8. The molecule has 0 aromatic heterocycles. The molecule has 1 aliphatic carbocycles. The van der Waals surface area contributed by atoms with Gasteiger partial charge in [-0.3, -0.25) is 10.1 Å². The number of imide groups is 1. The van der Waals surface area contributed by atoms with Gasteiger partial charge in [0.1, 0.15) is 0 Å². The van der Waals surface area contributed by atoms with Gasteiger partial charge in [-0.25, -0.2) is 4.79 Å². The van der Waals surface area contributed by atoms with Gasteiger partial charge >= 0.3 is 6.03 Å². The molecule has 100 valence electrons. The SMILES string of the molecule is C=C1C=CC=CC1C1(c2ccccc2)NC(=O)NC1=O. The summed E-state index contributed by atoms with van der Waals surface area (Å²) < 4.78 is 0. The van der Waals surface area contributed by atoms with Crippen LogP contribution in [0.1, 0.15) is 5.56 Å². The maximum atomic E-state index is 12.5. The van der Waals surface area contributed by atoms with Gasteiger partial charge in [-0.15, -0.1) is 0 Å². The molecule has 2 N–H and O–H groups in total. The first-order valence-electron chi connectivity index (χ1n) is 6.37. The summed E-state index contributed by atoms with van der Waals surface area (Å²) in [7, 11) is 0. The lowest BCUT2D eigenvalue weighted by Crippen LogP contribution is -2.50. The van der Waals surface area contributed by atoms with E-state index < -0.39 is 11.6 Å². The lowest BCUT2D eigenvalue weighted by molar-refractivity contribution is -0.125. The number of carbonyl (C=O) groups excluding carboxylic acids is 2. The Kier molecular flexibility index (Phi) is 2.79. The summed E-state index contributed by atoms with van der Waals surface area (Å²) in [5, 5.41) is 5.12. The molecule has 2 unspecified atom stereocenters. The van der Waals surface area contributed by atoms with Crippen LogP contribution in [0.25, 0.3) is 0 Å². The molecule has 1 heterocycles. The Morgan fingerprint density at radius 3 is 2.45 bits per heavy atom. The molecule has 2 atom stereocenters. The van der Waals surface area contributed by atoms with Crippen LogP contribution >= 0.6 is 0 Å². The zero-order valence-corrected chi connectivity index (χ0v) is 10.8. The summed E-state index contributed by atoms with van der Waals surface area (Å²) >= 11 is 0. The minimum Gasteiger partial charge on any atom is -0.319 e. The Labute approximate surface area is 116 Å². The summed E-state index contributed by atoms with van der Waals surface area (Å²) in [4.78, 5) is 24.1. The van der Waals surface area contributed by atoms with Gasteiger partial charge in [0, 0.05) is 5.92 Å². The molecule has 1 saturated heterocycles. The van der Waals surface area contributed by atoms with E-state index in [0.717, 1.165) is 11.1 Å². The standard InChI is InChI=1S/C16H14N2O2/c1-11-7-5-6-10-13(11)16(12-8-3-2-4-9-12)14(19)17-15(20)18-16/h2-10,13H,1H2,(H2,17,18,19,20). The second kappa shape index (κ2) is 4.49. The lowest BCUT2D eigenvalue weighted by Gasteiger charge is -2.35. The fourth-order valence-corrected chi connectivity index (χ4v) is 2.78. The molecule has 1 aromatic carbocycles. The number of allylic oxidation sites excluding steroid dienone is 3. The van der Waals surface area contributed by atoms with E-state index in [1.165, 1.54) is 0 Å². The highest BCUT2D eigenvalue weighted by Gasteiger charge is 2.53. The van der Waals surface area contributed by atoms with E-state index in [0.29, 0.717) is 0 Å². The van der Waals surface area contributed by atoms with Crippen molar-refractivity contribution < 1.29 is 9.59 Å². The van der Waals surface area contributed by atoms with Crippen LogP contribution in [-0.2, 0) is 10.3 Å². The van der Waals surface area contributed by atoms with Crippen LogP contribution in [0, 0.1) is 5.92 Å². The number of amides is 3. The van der Waals surface area contributed by atoms with E-state index in [1.54, 1.807) is 0 Å². The Bertz CT molecular complexity index is 646. The highest BCUT2D eigenvalue weighted by atomic mass is 16.2. The molecule has 0 radical (unpaired) electrons. The van der Waals surface area contributed by atoms with Gasteiger partial charge in [-0.2, -0.15) is 0 Å². The highest BCUT2D eigenvalue weighted by molar-refractivity contribution is 6.08. The third-order valence-corrected chi connectivity index (χ3v) is 3.72. The largest absolute Gasteiger partial charge is 0.322 e. The minimum absolute atomic E-state index is 0.304. The van der Waals surface area contributed by atoms with Crippen molar-refractivity contribution in [3.63, 3.8) is 0 Å². The summed E-state index contributed by atoms with van der Waals surface area (Å²) in [5.74, 6) is -0.652. The van der Waals surface area contributed by atoms with Gasteiger partial charge in [0.15, 0.2) is 5.54 Å². The molecule has 3 amide bonds. The van der Waals surface area contributed by atoms with Crippen LogP contribution in [0.15, 0.2) is 66.8 Å². The van der Waals surface area contributed by atoms with Crippen LogP contribution in [-0.4, -0.2) is 11.9 Å². The number of urea groups is 1. The Balaban J connectivity index is 2.17. The van der Waals surface area contributed by atoms with Crippen molar-refractivity contribution >= 4 is 11.9 Å². The molecular weight excluding hydrogens is 252 g/mol. The van der Waals surface area contributed by atoms with Crippen LogP contribution < -0.4 is 10.6 Å². The van der Waals surface area contributed by atoms with Crippen LogP contribution in [0.3, 0.4) is 0 Å². The van der Waals surface area contributed by atoms with E-state index in [2.05, 4.69) is 17.2 Å². The van der Waals surface area contributed by atoms with Gasteiger partial charge in [-0.1, -0.05) is 61.2 Å². The fraction of sp³-hybridized carbons (Fsp3) is 0.125. The second-order valence-corrected chi connectivity index (χ2v) is 4.88. The first-order valence-corrected chi connectivity index (χ1v) is 6.37. The Hall–Kier alpha value is -2.62. The van der Waals surface area contributed by atoms with Crippen molar-refractivity contribution in [3.05, 3.63) is 72.4 Å². The number of nitrogens with one attached hydrogen (secondary N) is 2. The monoisotopic (exact) mass is 266 g/mol. The number of hydrogen-bond acceptors (Lipinski definition) is 2. The quantitative estimate of drug-likeness (QED) is 0.805. The first-order chi connectivity index (χ1) is 9.64. The van der Waals surface area contributed by atoms with Crippen molar-refractivity contribution in [3.8, 4) is 0 Å². The molecule has 2 aliphatic rings. The van der Waals surface area contributed by atoms with E-state index in [9.17, 15) is 9.59 Å². The third-order valence-electron chi connectivity index (χ3n) is 3.72. The maximum absolute atomic E-state index is 12.5. The topological polar surface area (TPSA) is 58.2 Å². The van der Waals surface area contributed by atoms with E-state index in [-0.39, 0.29) is 11.8 Å². The number of benzene rings is 1. The van der Waals surface area contributed by atoms with Crippen LogP contribution in [0.5, 0.6) is 0 Å². The number of rotatable bonds is 2. The molecule has 0 saturated carbocycles. The molecule has 20 heavy (non-hydrogen) atoms. The van der Waals surface area contributed by atoms with E-state index >= 15 is 0 Å². The molecule has 1 fully saturated rings. The molecule has 3 rings (SSSR count). The normalized spacial score (nSPS) is 28.4. The summed E-state index contributed by atoms with van der Waals surface area (Å²) in [6.45, 7) is 4.00. The van der Waals surface area contributed by atoms with E-state index in [1.807, 2.05) is 54.6 Å². The number of hydrogen-bond donors (Lipinski definition) is 2. The predicted octanol–water partition coefficient (Wildman–Crippen LogP) is 2.02. The summed E-state index contributed by atoms with van der Waals surface area (Å²) in [6.07, 6.45) is 7.47. The Morgan fingerprint density at radius 1 is 1.10 bits per heavy atom.